The van der Waals surface area contributed by atoms with E-state index in [0.29, 0.717) is 66.1 Å². The van der Waals surface area contributed by atoms with Crippen molar-refractivity contribution >= 4 is 34.1 Å². The van der Waals surface area contributed by atoms with E-state index in [4.69, 9.17) is 4.42 Å². The largest absolute Gasteiger partial charge is 0.460 e. The van der Waals surface area contributed by atoms with E-state index in [9.17, 15) is 0 Å². The number of halogens is 2. The molecule has 11 aliphatic rings. The number of fused-ring (bicyclic) bond motifs is 9. The Bertz CT molecular complexity index is 3940. The third-order valence-electron chi connectivity index (χ3n) is 22.9. The molecule has 1 saturated carbocycles. The molecular formula is C82H84F2N2O. The van der Waals surface area contributed by atoms with Gasteiger partial charge in [0.15, 0.2) is 0 Å². The second kappa shape index (κ2) is 22.3. The maximum Gasteiger partial charge on any atom is 0.137 e. The van der Waals surface area contributed by atoms with E-state index in [0.717, 1.165) is 102 Å². The van der Waals surface area contributed by atoms with E-state index in [1.165, 1.54) is 57.4 Å². The quantitative estimate of drug-likeness (QED) is 0.132. The van der Waals surface area contributed by atoms with Crippen molar-refractivity contribution in [2.45, 2.75) is 128 Å². The summed E-state index contributed by atoms with van der Waals surface area (Å²) < 4.78 is 37.5. The van der Waals surface area contributed by atoms with Crippen LogP contribution in [0.5, 0.6) is 0 Å². The van der Waals surface area contributed by atoms with Crippen molar-refractivity contribution in [3.8, 4) is 0 Å². The van der Waals surface area contributed by atoms with Crippen molar-refractivity contribution in [2.24, 2.45) is 58.7 Å². The van der Waals surface area contributed by atoms with Gasteiger partial charge in [0.05, 0.1) is 6.04 Å². The Labute approximate surface area is 515 Å². The van der Waals surface area contributed by atoms with E-state index in [1.807, 2.05) is 24.3 Å². The predicted octanol–water partition coefficient (Wildman–Crippen LogP) is 21.3. The van der Waals surface area contributed by atoms with Gasteiger partial charge in [0, 0.05) is 75.1 Å². The summed E-state index contributed by atoms with van der Waals surface area (Å²) in [4.78, 5) is 4.82. The van der Waals surface area contributed by atoms with Crippen molar-refractivity contribution < 1.29 is 13.2 Å². The minimum atomic E-state index is -1.02. The van der Waals surface area contributed by atoms with Crippen LogP contribution in [-0.4, -0.2) is 12.2 Å². The molecule has 0 bridgehead atoms. The molecule has 1 fully saturated rings. The predicted molar refractivity (Wildman–Crippen MR) is 358 cm³/mol. The van der Waals surface area contributed by atoms with Crippen LogP contribution >= 0.6 is 0 Å². The zero-order valence-electron chi connectivity index (χ0n) is 51.4. The summed E-state index contributed by atoms with van der Waals surface area (Å²) in [5.74, 6) is 4.70. The highest BCUT2D eigenvalue weighted by molar-refractivity contribution is 5.92. The Balaban J connectivity index is 0.827. The lowest BCUT2D eigenvalue weighted by Crippen LogP contribution is -2.45. The number of benzene rings is 3. The Kier molecular flexibility index (Phi) is 14.3. The monoisotopic (exact) mass is 1150 g/mol. The van der Waals surface area contributed by atoms with Crippen LogP contribution in [0, 0.1) is 64.5 Å². The molecule has 11 aliphatic carbocycles. The maximum absolute atomic E-state index is 15.2. The van der Waals surface area contributed by atoms with Crippen LogP contribution in [0.2, 0.25) is 0 Å². The number of hydrogen-bond donors (Lipinski definition) is 0. The summed E-state index contributed by atoms with van der Waals surface area (Å²) in [6.07, 6.45) is 62.9. The normalized spacial score (nSPS) is 33.5. The third-order valence-corrected chi connectivity index (χ3v) is 22.9. The van der Waals surface area contributed by atoms with E-state index >= 15 is 8.78 Å². The molecule has 0 N–H and O–H groups in total. The lowest BCUT2D eigenvalue weighted by Gasteiger charge is -2.51. The smallest absolute Gasteiger partial charge is 0.137 e. The second-order valence-electron chi connectivity index (χ2n) is 27.6. The highest BCUT2D eigenvalue weighted by atomic mass is 19.1. The minimum Gasteiger partial charge on any atom is -0.460 e. The molecule has 4 aromatic rings. The molecule has 0 saturated heterocycles. The zero-order valence-corrected chi connectivity index (χ0v) is 51.4. The number of hydrogen-bond acceptors (Lipinski definition) is 3. The molecule has 1 aromatic heterocycles. The summed E-state index contributed by atoms with van der Waals surface area (Å²) in [6, 6.07) is 20.9. The van der Waals surface area contributed by atoms with E-state index in [1.54, 1.807) is 18.2 Å². The first kappa shape index (κ1) is 56.0. The number of allylic oxidation sites excluding steroid dienone is 26. The van der Waals surface area contributed by atoms with Crippen LogP contribution in [-0.2, 0) is 11.8 Å². The van der Waals surface area contributed by atoms with Crippen LogP contribution in [0.25, 0.3) is 17.0 Å². The van der Waals surface area contributed by atoms with E-state index in [-0.39, 0.29) is 28.6 Å². The first-order chi connectivity index (χ1) is 42.5. The fourth-order valence-corrected chi connectivity index (χ4v) is 18.9. The van der Waals surface area contributed by atoms with Crippen LogP contribution in [0.3, 0.4) is 0 Å². The molecular weight excluding hydrogens is 1070 g/mol. The first-order valence-electron chi connectivity index (χ1n) is 33.0. The van der Waals surface area contributed by atoms with Crippen LogP contribution in [0.15, 0.2) is 251 Å². The summed E-state index contributed by atoms with van der Waals surface area (Å²) >= 11 is 0. The van der Waals surface area contributed by atoms with Crippen LogP contribution in [0.1, 0.15) is 127 Å². The molecule has 0 aliphatic heterocycles. The fraction of sp³-hybridized carbons (Fsp3) is 0.366. The summed E-state index contributed by atoms with van der Waals surface area (Å²) in [7, 11) is 0. The Hall–Kier alpha value is -7.50. The van der Waals surface area contributed by atoms with E-state index < -0.39 is 6.17 Å². The van der Waals surface area contributed by atoms with Gasteiger partial charge in [-0.25, -0.2) is 8.78 Å². The van der Waals surface area contributed by atoms with Gasteiger partial charge in [0.1, 0.15) is 23.3 Å². The fourth-order valence-electron chi connectivity index (χ4n) is 18.9. The lowest BCUT2D eigenvalue weighted by atomic mass is 9.52. The summed E-state index contributed by atoms with van der Waals surface area (Å²) in [5, 5.41) is 1.07. The number of rotatable bonds is 12. The zero-order chi connectivity index (χ0) is 59.3. The molecule has 3 aromatic carbocycles. The number of furan rings is 1. The third kappa shape index (κ3) is 9.12. The molecule has 5 heteroatoms. The molecule has 0 amide bonds. The Morgan fingerprint density at radius 2 is 1.55 bits per heavy atom. The highest BCUT2D eigenvalue weighted by Gasteiger charge is 2.63. The van der Waals surface area contributed by atoms with Gasteiger partial charge in [0.25, 0.3) is 0 Å². The summed E-state index contributed by atoms with van der Waals surface area (Å²) in [5.41, 5.74) is 18.1. The molecule has 3 nitrogen and oxygen atoms in total. The van der Waals surface area contributed by atoms with Gasteiger partial charge >= 0.3 is 0 Å². The molecule has 442 valence electrons. The van der Waals surface area contributed by atoms with Gasteiger partial charge in [-0.3, -0.25) is 0 Å². The van der Waals surface area contributed by atoms with Gasteiger partial charge in [-0.1, -0.05) is 159 Å². The minimum absolute atomic E-state index is 0.136. The van der Waals surface area contributed by atoms with Crippen molar-refractivity contribution in [3.05, 3.63) is 275 Å². The van der Waals surface area contributed by atoms with Gasteiger partial charge in [0.2, 0.25) is 0 Å². The Morgan fingerprint density at radius 1 is 0.724 bits per heavy atom. The van der Waals surface area contributed by atoms with Crippen LogP contribution in [0.4, 0.5) is 25.8 Å². The molecule has 87 heavy (non-hydrogen) atoms. The van der Waals surface area contributed by atoms with Gasteiger partial charge < -0.3 is 14.2 Å². The molecule has 14 atom stereocenters. The molecule has 14 unspecified atom stereocenters. The van der Waals surface area contributed by atoms with Gasteiger partial charge in [-0.15, -0.1) is 6.58 Å². The lowest BCUT2D eigenvalue weighted by molar-refractivity contribution is 0.121. The van der Waals surface area contributed by atoms with Gasteiger partial charge in [-0.2, -0.15) is 0 Å². The molecule has 15 rings (SSSR count). The number of nitrogens with zero attached hydrogens (tertiary/aromatic N) is 2. The summed E-state index contributed by atoms with van der Waals surface area (Å²) in [6.45, 7) is 18.0. The Morgan fingerprint density at radius 3 is 2.34 bits per heavy atom. The molecule has 0 radical (unpaired) electrons. The van der Waals surface area contributed by atoms with Crippen molar-refractivity contribution in [3.63, 3.8) is 0 Å². The molecule has 0 spiro atoms. The topological polar surface area (TPSA) is 19.6 Å². The van der Waals surface area contributed by atoms with Crippen LogP contribution < -0.4 is 9.80 Å². The standard InChI is InChI=1S/C82H84F2N2O/c1-7-55-21-25-57(26-22-55)81(75-45-51(3)17-19-53(75)5)73-15-11-9-13-67(73)69-41-37-63(47-77(69)81)85(61-33-29-59(83)30-34-61)65-39-43-71-72-44-40-66(50-80(72)87-79(71)49-65)86(62-35-31-60(84)32-36-62)64-38-42-70-68-14-10-12-16-74(68)82(78(70)48-64,58-27-23-56(8-2)24-28-58)76-46-52(4)18-20-54(76)6/h7-9,12-13,16,19-21,23,25,27-31,33-45,47-48,50-52,56,60,65,67-68,70,73-74,76,78H,1-2,10-11,14-15,17-18,22,24,26,32,46,49H2,3-6H3. The van der Waals surface area contributed by atoms with E-state index in [2.05, 4.69) is 202 Å². The maximum atomic E-state index is 15.2. The number of anilines is 3. The van der Waals surface area contributed by atoms with Crippen molar-refractivity contribution in [1.82, 2.24) is 0 Å². The van der Waals surface area contributed by atoms with Crippen molar-refractivity contribution in [2.75, 3.05) is 9.80 Å². The van der Waals surface area contributed by atoms with Gasteiger partial charge in [-0.05, 0) is 226 Å². The number of alkyl halides is 1. The van der Waals surface area contributed by atoms with Crippen molar-refractivity contribution in [1.29, 1.82) is 0 Å². The average molecular weight is 1150 g/mol. The SMILES string of the molecule is C=CC1=CC=C(C2(C3=CC(C)CC=C3C)c3cc(N(c4ccc(F)cc4)C4C=Cc5c(oc6cc(N(C7=CCC(F)C=C7)C7=CC8C(C=C7)C7CCC=CC7C8(C7=CCC(C=C)C=C7)C7CC(C)CC=C7C)ccc56)C4)ccc3C3C=CCCC32)CC1. The average Bonchev–Trinajstić information content (AvgIpc) is 2.25. The second-order valence-corrected chi connectivity index (χ2v) is 27.6. The highest BCUT2D eigenvalue weighted by Crippen LogP contribution is 2.70. The first-order valence-corrected chi connectivity index (χ1v) is 33.0. The molecule has 1 heterocycles.